The summed E-state index contributed by atoms with van der Waals surface area (Å²) in [5, 5.41) is 11.5. The molecule has 0 unspecified atom stereocenters. The third kappa shape index (κ3) is 5.02. The Balaban J connectivity index is 1.74. The standard InChI is InChI=1S/C17H22N4O4S3/c1-12-19-20-17(27-12)26-11-16(22)18-14-10-13(6-7-15(14)25-2)28(23,24)21-8-4-3-5-9-21/h6-7,10H,3-5,8-9,11H2,1-2H3,(H,18,22). The highest BCUT2D eigenvalue weighted by Gasteiger charge is 2.27. The van der Waals surface area contributed by atoms with Crippen molar-refractivity contribution in [3.8, 4) is 5.75 Å². The minimum atomic E-state index is -3.59. The number of thioether (sulfide) groups is 1. The molecule has 1 saturated heterocycles. The lowest BCUT2D eigenvalue weighted by atomic mass is 10.2. The molecule has 0 spiro atoms. The van der Waals surface area contributed by atoms with Gasteiger partial charge in [-0.25, -0.2) is 8.42 Å². The summed E-state index contributed by atoms with van der Waals surface area (Å²) in [6.45, 7) is 2.89. The fourth-order valence-electron chi connectivity index (χ4n) is 2.85. The molecule has 1 aromatic carbocycles. The van der Waals surface area contributed by atoms with Gasteiger partial charge in [0.05, 0.1) is 23.4 Å². The molecule has 28 heavy (non-hydrogen) atoms. The number of amides is 1. The summed E-state index contributed by atoms with van der Waals surface area (Å²) in [7, 11) is -2.12. The second-order valence-electron chi connectivity index (χ2n) is 6.25. The number of methoxy groups -OCH3 is 1. The van der Waals surface area contributed by atoms with Crippen LogP contribution < -0.4 is 10.1 Å². The average molecular weight is 443 g/mol. The number of piperidine rings is 1. The number of carbonyl (C=O) groups excluding carboxylic acids is 1. The Morgan fingerprint density at radius 1 is 1.29 bits per heavy atom. The summed E-state index contributed by atoms with van der Waals surface area (Å²) in [4.78, 5) is 12.5. The van der Waals surface area contributed by atoms with Crippen LogP contribution in [0.3, 0.4) is 0 Å². The van der Waals surface area contributed by atoms with Crippen LogP contribution in [0, 0.1) is 6.92 Å². The predicted molar refractivity (Wildman–Crippen MR) is 110 cm³/mol. The van der Waals surface area contributed by atoms with E-state index in [4.69, 9.17) is 4.74 Å². The molecule has 0 saturated carbocycles. The maximum absolute atomic E-state index is 12.9. The molecule has 8 nitrogen and oxygen atoms in total. The monoisotopic (exact) mass is 442 g/mol. The lowest BCUT2D eigenvalue weighted by Gasteiger charge is -2.26. The number of aryl methyl sites for hydroxylation is 1. The van der Waals surface area contributed by atoms with Crippen molar-refractivity contribution >= 4 is 44.7 Å². The van der Waals surface area contributed by atoms with Gasteiger partial charge in [0.25, 0.3) is 0 Å². The van der Waals surface area contributed by atoms with Gasteiger partial charge in [-0.1, -0.05) is 29.5 Å². The molecule has 2 heterocycles. The molecule has 0 atom stereocenters. The highest BCUT2D eigenvalue weighted by Crippen LogP contribution is 2.30. The van der Waals surface area contributed by atoms with E-state index >= 15 is 0 Å². The van der Waals surface area contributed by atoms with Gasteiger partial charge < -0.3 is 10.1 Å². The van der Waals surface area contributed by atoms with Gasteiger partial charge in [0, 0.05) is 13.1 Å². The van der Waals surface area contributed by atoms with E-state index in [0.29, 0.717) is 28.9 Å². The second kappa shape index (κ2) is 9.21. The van der Waals surface area contributed by atoms with Crippen molar-refractivity contribution < 1.29 is 17.9 Å². The topological polar surface area (TPSA) is 101 Å². The van der Waals surface area contributed by atoms with E-state index < -0.39 is 10.0 Å². The zero-order valence-corrected chi connectivity index (χ0v) is 18.1. The van der Waals surface area contributed by atoms with Crippen LogP contribution in [0.4, 0.5) is 5.69 Å². The zero-order chi connectivity index (χ0) is 20.1. The number of sulfonamides is 1. The van der Waals surface area contributed by atoms with Crippen LogP contribution in [0.15, 0.2) is 27.4 Å². The number of hydrogen-bond acceptors (Lipinski definition) is 8. The fraction of sp³-hybridized carbons (Fsp3) is 0.471. The molecular formula is C17H22N4O4S3. The lowest BCUT2D eigenvalue weighted by molar-refractivity contribution is -0.113. The number of aromatic nitrogens is 2. The minimum Gasteiger partial charge on any atom is -0.495 e. The van der Waals surface area contributed by atoms with Crippen LogP contribution in [-0.4, -0.2) is 54.8 Å². The van der Waals surface area contributed by atoms with Crippen LogP contribution in [0.5, 0.6) is 5.75 Å². The van der Waals surface area contributed by atoms with Crippen molar-refractivity contribution in [2.24, 2.45) is 0 Å². The van der Waals surface area contributed by atoms with E-state index in [0.717, 1.165) is 24.3 Å². The first-order chi connectivity index (χ1) is 13.4. The number of benzene rings is 1. The number of hydrogen-bond donors (Lipinski definition) is 1. The van der Waals surface area contributed by atoms with Gasteiger partial charge in [0.2, 0.25) is 15.9 Å². The molecule has 1 N–H and O–H groups in total. The molecule has 0 radical (unpaired) electrons. The highest BCUT2D eigenvalue weighted by atomic mass is 32.2. The summed E-state index contributed by atoms with van der Waals surface area (Å²) in [5.74, 6) is 0.271. The third-order valence-electron chi connectivity index (χ3n) is 4.23. The lowest BCUT2D eigenvalue weighted by Crippen LogP contribution is -2.35. The first-order valence-electron chi connectivity index (χ1n) is 8.81. The number of rotatable bonds is 7. The third-order valence-corrected chi connectivity index (χ3v) is 8.10. The van der Waals surface area contributed by atoms with E-state index in [2.05, 4.69) is 15.5 Å². The minimum absolute atomic E-state index is 0.140. The van der Waals surface area contributed by atoms with Crippen LogP contribution in [0.25, 0.3) is 0 Å². The Bertz CT molecular complexity index is 940. The molecule has 1 amide bonds. The Morgan fingerprint density at radius 3 is 2.68 bits per heavy atom. The molecule has 0 aliphatic carbocycles. The molecule has 1 fully saturated rings. The van der Waals surface area contributed by atoms with Crippen molar-refractivity contribution in [2.75, 3.05) is 31.3 Å². The van der Waals surface area contributed by atoms with Gasteiger partial charge in [-0.15, -0.1) is 10.2 Å². The smallest absolute Gasteiger partial charge is 0.243 e. The van der Waals surface area contributed by atoms with Crippen molar-refractivity contribution in [3.63, 3.8) is 0 Å². The molecule has 11 heteroatoms. The van der Waals surface area contributed by atoms with Crippen molar-refractivity contribution in [1.29, 1.82) is 0 Å². The number of ether oxygens (including phenoxy) is 1. The normalized spacial score (nSPS) is 15.4. The Hall–Kier alpha value is -1.69. The molecule has 1 aliphatic rings. The number of carbonyl (C=O) groups is 1. The molecular weight excluding hydrogens is 420 g/mol. The van der Waals surface area contributed by atoms with Gasteiger partial charge in [-0.2, -0.15) is 4.31 Å². The molecule has 0 bridgehead atoms. The highest BCUT2D eigenvalue weighted by molar-refractivity contribution is 8.01. The first kappa shape index (κ1) is 21.0. The van der Waals surface area contributed by atoms with Crippen LogP contribution >= 0.6 is 23.1 Å². The van der Waals surface area contributed by atoms with Gasteiger partial charge >= 0.3 is 0 Å². The summed E-state index contributed by atoms with van der Waals surface area (Å²) in [5.41, 5.74) is 0.333. The van der Waals surface area contributed by atoms with Crippen LogP contribution in [0.2, 0.25) is 0 Å². The van der Waals surface area contributed by atoms with Crippen molar-refractivity contribution in [2.45, 2.75) is 35.4 Å². The summed E-state index contributed by atoms with van der Waals surface area (Å²) in [6, 6.07) is 4.53. The summed E-state index contributed by atoms with van der Waals surface area (Å²) < 4.78 is 33.3. The fourth-order valence-corrected chi connectivity index (χ4v) is 6.01. The summed E-state index contributed by atoms with van der Waals surface area (Å²) in [6.07, 6.45) is 2.77. The SMILES string of the molecule is COc1ccc(S(=O)(=O)N2CCCCC2)cc1NC(=O)CSc1nnc(C)s1. The van der Waals surface area contributed by atoms with E-state index in [1.54, 1.807) is 6.07 Å². The van der Waals surface area contributed by atoms with Gasteiger partial charge in [-0.05, 0) is 38.0 Å². The Kier molecular flexibility index (Phi) is 6.91. The van der Waals surface area contributed by atoms with Gasteiger partial charge in [-0.3, -0.25) is 4.79 Å². The summed E-state index contributed by atoms with van der Waals surface area (Å²) >= 11 is 2.70. The van der Waals surface area contributed by atoms with E-state index in [-0.39, 0.29) is 16.6 Å². The molecule has 2 aromatic rings. The van der Waals surface area contributed by atoms with Gasteiger partial charge in [0.1, 0.15) is 10.8 Å². The number of nitrogens with one attached hydrogen (secondary N) is 1. The largest absolute Gasteiger partial charge is 0.495 e. The Labute approximate surface area is 172 Å². The van der Waals surface area contributed by atoms with Crippen molar-refractivity contribution in [3.05, 3.63) is 23.2 Å². The first-order valence-corrected chi connectivity index (χ1v) is 12.1. The van der Waals surface area contributed by atoms with Gasteiger partial charge in [0.15, 0.2) is 4.34 Å². The number of nitrogens with zero attached hydrogens (tertiary/aromatic N) is 3. The average Bonchev–Trinajstić information content (AvgIpc) is 3.12. The molecule has 3 rings (SSSR count). The van der Waals surface area contributed by atoms with Crippen molar-refractivity contribution in [1.82, 2.24) is 14.5 Å². The molecule has 1 aliphatic heterocycles. The Morgan fingerprint density at radius 2 is 2.04 bits per heavy atom. The molecule has 152 valence electrons. The van der Waals surface area contributed by atoms with Crippen LogP contribution in [-0.2, 0) is 14.8 Å². The van der Waals surface area contributed by atoms with E-state index in [1.165, 1.54) is 46.6 Å². The quantitative estimate of drug-likeness (QED) is 0.658. The predicted octanol–water partition coefficient (Wildman–Crippen LogP) is 2.76. The molecule has 1 aromatic heterocycles. The van der Waals surface area contributed by atoms with Crippen LogP contribution in [0.1, 0.15) is 24.3 Å². The maximum atomic E-state index is 12.9. The maximum Gasteiger partial charge on any atom is 0.243 e. The van der Waals surface area contributed by atoms with E-state index in [1.807, 2.05) is 6.92 Å². The number of anilines is 1. The zero-order valence-electron chi connectivity index (χ0n) is 15.7. The van der Waals surface area contributed by atoms with E-state index in [9.17, 15) is 13.2 Å². The second-order valence-corrected chi connectivity index (χ2v) is 10.6.